The van der Waals surface area contributed by atoms with Crippen LogP contribution in [-0.4, -0.2) is 18.9 Å². The number of methoxy groups -OCH3 is 1. The van der Waals surface area contributed by atoms with Crippen LogP contribution in [0.5, 0.6) is 5.75 Å². The number of rotatable bonds is 5. The fourth-order valence-electron chi connectivity index (χ4n) is 2.05. The van der Waals surface area contributed by atoms with E-state index < -0.39 is 0 Å². The third kappa shape index (κ3) is 3.99. The van der Waals surface area contributed by atoms with Crippen LogP contribution in [0.3, 0.4) is 0 Å². The monoisotopic (exact) mass is 367 g/mol. The maximum atomic E-state index is 12.2. The first-order valence-electron chi connectivity index (χ1n) is 6.39. The van der Waals surface area contributed by atoms with E-state index in [1.807, 2.05) is 48.5 Å². The predicted molar refractivity (Wildman–Crippen MR) is 89.0 cm³/mol. The minimum Gasteiger partial charge on any atom is -0.495 e. The third-order valence-electron chi connectivity index (χ3n) is 3.02. The molecule has 0 aliphatic rings. The van der Waals surface area contributed by atoms with E-state index in [2.05, 4.69) is 15.9 Å². The number of halogens is 2. The van der Waals surface area contributed by atoms with E-state index >= 15 is 0 Å². The number of nitrogens with zero attached hydrogens (tertiary/aromatic N) is 1. The predicted octanol–water partition coefficient (Wildman–Crippen LogP) is 4.23. The number of ether oxygens (including phenoxy) is 1. The highest BCUT2D eigenvalue weighted by atomic mass is 79.9. The van der Waals surface area contributed by atoms with Gasteiger partial charge in [-0.25, -0.2) is 0 Å². The summed E-state index contributed by atoms with van der Waals surface area (Å²) in [7, 11) is 1.58. The molecule has 110 valence electrons. The highest BCUT2D eigenvalue weighted by Crippen LogP contribution is 2.29. The summed E-state index contributed by atoms with van der Waals surface area (Å²) in [6.45, 7) is 0.436. The van der Waals surface area contributed by atoms with Crippen molar-refractivity contribution in [1.82, 2.24) is 0 Å². The molecule has 0 N–H and O–H groups in total. The molecule has 1 amide bonds. The Labute approximate surface area is 137 Å². The molecule has 2 aromatic carbocycles. The van der Waals surface area contributed by atoms with Crippen LogP contribution in [0.25, 0.3) is 0 Å². The number of amides is 1. The molecule has 0 aliphatic heterocycles. The maximum absolute atomic E-state index is 12.2. The summed E-state index contributed by atoms with van der Waals surface area (Å²) < 4.78 is 6.31. The van der Waals surface area contributed by atoms with Gasteiger partial charge in [0.2, 0.25) is 5.91 Å². The molecule has 2 rings (SSSR count). The number of benzene rings is 2. The van der Waals surface area contributed by atoms with Gasteiger partial charge in [-0.15, -0.1) is 11.6 Å². The average Bonchev–Trinajstić information content (AvgIpc) is 2.52. The molecule has 2 aromatic rings. The van der Waals surface area contributed by atoms with Crippen LogP contribution in [0.15, 0.2) is 53.0 Å². The molecular formula is C16H15BrClNO2. The molecule has 0 aromatic heterocycles. The highest BCUT2D eigenvalue weighted by Gasteiger charge is 2.18. The average molecular weight is 369 g/mol. The van der Waals surface area contributed by atoms with Crippen molar-refractivity contribution in [3.8, 4) is 5.75 Å². The van der Waals surface area contributed by atoms with E-state index in [1.54, 1.807) is 12.0 Å². The lowest BCUT2D eigenvalue weighted by Crippen LogP contribution is -2.31. The van der Waals surface area contributed by atoms with Crippen molar-refractivity contribution < 1.29 is 9.53 Å². The molecule has 0 bridgehead atoms. The van der Waals surface area contributed by atoms with Crippen molar-refractivity contribution in [2.75, 3.05) is 17.9 Å². The first kappa shape index (κ1) is 15.9. The second kappa shape index (κ2) is 7.48. The lowest BCUT2D eigenvalue weighted by molar-refractivity contribution is -0.116. The minimum absolute atomic E-state index is 0.0773. The quantitative estimate of drug-likeness (QED) is 0.739. The van der Waals surface area contributed by atoms with Crippen LogP contribution in [0.4, 0.5) is 5.69 Å². The van der Waals surface area contributed by atoms with Gasteiger partial charge >= 0.3 is 0 Å². The van der Waals surface area contributed by atoms with Gasteiger partial charge in [0.25, 0.3) is 0 Å². The highest BCUT2D eigenvalue weighted by molar-refractivity contribution is 9.10. The van der Waals surface area contributed by atoms with E-state index in [0.29, 0.717) is 18.0 Å². The van der Waals surface area contributed by atoms with Crippen LogP contribution in [0.2, 0.25) is 0 Å². The van der Waals surface area contributed by atoms with Crippen molar-refractivity contribution >= 4 is 39.1 Å². The molecule has 0 atom stereocenters. The van der Waals surface area contributed by atoms with Crippen LogP contribution >= 0.6 is 27.5 Å². The van der Waals surface area contributed by atoms with Crippen LogP contribution < -0.4 is 9.64 Å². The second-order valence-electron chi connectivity index (χ2n) is 4.42. The summed E-state index contributed by atoms with van der Waals surface area (Å²) in [5.41, 5.74) is 1.72. The minimum atomic E-state index is -0.166. The van der Waals surface area contributed by atoms with E-state index in [-0.39, 0.29) is 11.8 Å². The summed E-state index contributed by atoms with van der Waals surface area (Å²) in [4.78, 5) is 13.8. The van der Waals surface area contributed by atoms with Crippen molar-refractivity contribution in [1.29, 1.82) is 0 Å². The van der Waals surface area contributed by atoms with Crippen molar-refractivity contribution in [2.45, 2.75) is 6.54 Å². The van der Waals surface area contributed by atoms with Gasteiger partial charge < -0.3 is 9.64 Å². The Morgan fingerprint density at radius 3 is 2.67 bits per heavy atom. The lowest BCUT2D eigenvalue weighted by atomic mass is 10.2. The number of carbonyl (C=O) groups is 1. The van der Waals surface area contributed by atoms with Crippen LogP contribution in [0, 0.1) is 0 Å². The van der Waals surface area contributed by atoms with Gasteiger partial charge in [0.1, 0.15) is 11.6 Å². The number of anilines is 1. The summed E-state index contributed by atoms with van der Waals surface area (Å²) in [6, 6.07) is 15.2. The Bertz CT molecular complexity index is 633. The smallest absolute Gasteiger partial charge is 0.242 e. The Hall–Kier alpha value is -1.52. The van der Waals surface area contributed by atoms with Gasteiger partial charge in [-0.3, -0.25) is 4.79 Å². The fraction of sp³-hybridized carbons (Fsp3) is 0.188. The Balaban J connectivity index is 2.37. The molecule has 0 fully saturated rings. The summed E-state index contributed by atoms with van der Waals surface area (Å²) in [5.74, 6) is 0.401. The van der Waals surface area contributed by atoms with Gasteiger partial charge in [0.15, 0.2) is 0 Å². The molecule has 0 unspecified atom stereocenters. The van der Waals surface area contributed by atoms with E-state index in [9.17, 15) is 4.79 Å². The summed E-state index contributed by atoms with van der Waals surface area (Å²) >= 11 is 9.18. The molecule has 0 radical (unpaired) electrons. The molecular weight excluding hydrogens is 354 g/mol. The molecule has 0 heterocycles. The van der Waals surface area contributed by atoms with Crippen molar-refractivity contribution in [3.05, 3.63) is 58.6 Å². The maximum Gasteiger partial charge on any atom is 0.242 e. The van der Waals surface area contributed by atoms with E-state index in [0.717, 1.165) is 10.0 Å². The van der Waals surface area contributed by atoms with Crippen molar-refractivity contribution in [3.63, 3.8) is 0 Å². The van der Waals surface area contributed by atoms with Gasteiger partial charge in [0, 0.05) is 4.47 Å². The first-order chi connectivity index (χ1) is 10.2. The number of alkyl halides is 1. The summed E-state index contributed by atoms with van der Waals surface area (Å²) in [6.07, 6.45) is 0. The Morgan fingerprint density at radius 1 is 1.24 bits per heavy atom. The number of hydrogen-bond donors (Lipinski definition) is 0. The van der Waals surface area contributed by atoms with E-state index in [4.69, 9.17) is 16.3 Å². The summed E-state index contributed by atoms with van der Waals surface area (Å²) in [5, 5.41) is 0. The zero-order valence-electron chi connectivity index (χ0n) is 11.6. The fourth-order valence-corrected chi connectivity index (χ4v) is 2.64. The van der Waals surface area contributed by atoms with Gasteiger partial charge in [-0.2, -0.15) is 0 Å². The molecule has 0 saturated heterocycles. The van der Waals surface area contributed by atoms with Gasteiger partial charge in [0.05, 0.1) is 19.3 Å². The number of para-hydroxylation sites is 2. The molecule has 21 heavy (non-hydrogen) atoms. The standard InChI is InChI=1S/C16H15BrClNO2/c1-21-15-8-3-2-7-14(15)19(16(20)10-18)11-12-5-4-6-13(17)9-12/h2-9H,10-11H2,1H3. The van der Waals surface area contributed by atoms with E-state index in [1.165, 1.54) is 0 Å². The normalized spacial score (nSPS) is 10.2. The van der Waals surface area contributed by atoms with Crippen LogP contribution in [0.1, 0.15) is 5.56 Å². The second-order valence-corrected chi connectivity index (χ2v) is 5.60. The number of carbonyl (C=O) groups excluding carboxylic acids is 1. The SMILES string of the molecule is COc1ccccc1N(Cc1cccc(Br)c1)C(=O)CCl. The molecule has 5 heteroatoms. The zero-order chi connectivity index (χ0) is 15.2. The zero-order valence-corrected chi connectivity index (χ0v) is 13.9. The Kier molecular flexibility index (Phi) is 5.65. The molecule has 3 nitrogen and oxygen atoms in total. The van der Waals surface area contributed by atoms with Crippen LogP contribution in [-0.2, 0) is 11.3 Å². The van der Waals surface area contributed by atoms with Gasteiger partial charge in [-0.1, -0.05) is 40.2 Å². The molecule has 0 spiro atoms. The van der Waals surface area contributed by atoms with Gasteiger partial charge in [-0.05, 0) is 29.8 Å². The molecule has 0 aliphatic carbocycles. The van der Waals surface area contributed by atoms with Crippen molar-refractivity contribution in [2.24, 2.45) is 0 Å². The lowest BCUT2D eigenvalue weighted by Gasteiger charge is -2.24. The number of hydrogen-bond acceptors (Lipinski definition) is 2. The largest absolute Gasteiger partial charge is 0.495 e. The molecule has 0 saturated carbocycles. The first-order valence-corrected chi connectivity index (χ1v) is 7.72. The Morgan fingerprint density at radius 2 is 2.00 bits per heavy atom. The topological polar surface area (TPSA) is 29.5 Å². The third-order valence-corrected chi connectivity index (χ3v) is 3.74.